The average molecular weight is 510 g/mol. The lowest BCUT2D eigenvalue weighted by atomic mass is 10.1. The van der Waals surface area contributed by atoms with E-state index in [0.29, 0.717) is 17.7 Å². The van der Waals surface area contributed by atoms with Gasteiger partial charge in [-0.25, -0.2) is 4.79 Å². The zero-order valence-electron chi connectivity index (χ0n) is 20.2. The van der Waals surface area contributed by atoms with Gasteiger partial charge in [-0.1, -0.05) is 30.3 Å². The van der Waals surface area contributed by atoms with Crippen LogP contribution >= 0.6 is 11.3 Å². The molecule has 0 atom stereocenters. The Morgan fingerprint density at radius 1 is 0.889 bits per heavy atom. The van der Waals surface area contributed by atoms with E-state index >= 15 is 0 Å². The molecule has 7 heteroatoms. The fraction of sp³-hybridized carbons (Fsp3) is 0.241. The summed E-state index contributed by atoms with van der Waals surface area (Å²) in [6.07, 6.45) is 6.54. The standard InChI is InChI=1S/C29H29F2NO3S/c1-2-32(25-13-8-22(9-14-25)10-15-26-16-17-27(21-33)36-26)18-4-3-5-19-35-29(34)24-11-6-23(7-12-24)20-28(30)31/h6-17,20-21H,2-5,18-19H2,1H3/b15-10+. The van der Waals surface area contributed by atoms with Crippen molar-refractivity contribution in [2.75, 3.05) is 24.6 Å². The van der Waals surface area contributed by atoms with Gasteiger partial charge in [0.25, 0.3) is 6.08 Å². The van der Waals surface area contributed by atoms with Crippen molar-refractivity contribution in [3.05, 3.63) is 93.2 Å². The molecule has 0 unspecified atom stereocenters. The summed E-state index contributed by atoms with van der Waals surface area (Å²) in [7, 11) is 0. The molecule has 0 aliphatic heterocycles. The number of aldehydes is 1. The van der Waals surface area contributed by atoms with Gasteiger partial charge in [-0.05, 0) is 79.8 Å². The lowest BCUT2D eigenvalue weighted by Gasteiger charge is -2.23. The van der Waals surface area contributed by atoms with Crippen molar-refractivity contribution < 1.29 is 23.1 Å². The molecule has 3 aromatic rings. The highest BCUT2D eigenvalue weighted by Gasteiger charge is 2.08. The molecule has 0 spiro atoms. The molecule has 36 heavy (non-hydrogen) atoms. The summed E-state index contributed by atoms with van der Waals surface area (Å²) in [6, 6.07) is 18.1. The fourth-order valence-electron chi connectivity index (χ4n) is 3.64. The maximum absolute atomic E-state index is 12.3. The number of hydrogen-bond donors (Lipinski definition) is 0. The molecule has 0 aliphatic rings. The number of esters is 1. The number of benzene rings is 2. The maximum Gasteiger partial charge on any atom is 0.338 e. The summed E-state index contributed by atoms with van der Waals surface area (Å²) in [5.41, 5.74) is 2.94. The van der Waals surface area contributed by atoms with Gasteiger partial charge in [-0.2, -0.15) is 8.78 Å². The third-order valence-corrected chi connectivity index (χ3v) is 6.55. The number of carbonyl (C=O) groups is 2. The molecule has 188 valence electrons. The lowest BCUT2D eigenvalue weighted by molar-refractivity contribution is 0.0498. The largest absolute Gasteiger partial charge is 0.462 e. The van der Waals surface area contributed by atoms with Crippen molar-refractivity contribution in [1.82, 2.24) is 0 Å². The molecule has 4 nitrogen and oxygen atoms in total. The van der Waals surface area contributed by atoms with E-state index in [1.165, 1.54) is 35.6 Å². The molecule has 0 saturated heterocycles. The molecule has 0 saturated carbocycles. The highest BCUT2D eigenvalue weighted by molar-refractivity contribution is 7.14. The molecule has 0 amide bonds. The third kappa shape index (κ3) is 8.57. The molecule has 0 bridgehead atoms. The highest BCUT2D eigenvalue weighted by atomic mass is 32.1. The zero-order chi connectivity index (χ0) is 25.8. The van der Waals surface area contributed by atoms with E-state index in [0.717, 1.165) is 65.7 Å². The number of nitrogens with zero attached hydrogens (tertiary/aromatic N) is 1. The minimum Gasteiger partial charge on any atom is -0.462 e. The van der Waals surface area contributed by atoms with Crippen molar-refractivity contribution in [3.63, 3.8) is 0 Å². The minimum absolute atomic E-state index is 0.325. The monoisotopic (exact) mass is 509 g/mol. The molecule has 2 aromatic carbocycles. The van der Waals surface area contributed by atoms with Crippen molar-refractivity contribution in [2.24, 2.45) is 0 Å². The summed E-state index contributed by atoms with van der Waals surface area (Å²) in [5.74, 6) is -0.446. The maximum atomic E-state index is 12.3. The smallest absolute Gasteiger partial charge is 0.338 e. The van der Waals surface area contributed by atoms with Crippen LogP contribution in [0.3, 0.4) is 0 Å². The quantitative estimate of drug-likeness (QED) is 0.134. The van der Waals surface area contributed by atoms with Gasteiger partial charge in [0.05, 0.1) is 17.0 Å². The van der Waals surface area contributed by atoms with Crippen molar-refractivity contribution in [1.29, 1.82) is 0 Å². The second-order valence-corrected chi connectivity index (χ2v) is 9.26. The van der Waals surface area contributed by atoms with Gasteiger partial charge in [0.15, 0.2) is 6.29 Å². The topological polar surface area (TPSA) is 46.6 Å². The van der Waals surface area contributed by atoms with Crippen LogP contribution in [0.25, 0.3) is 18.2 Å². The van der Waals surface area contributed by atoms with Crippen LogP contribution in [0.2, 0.25) is 0 Å². The number of halogens is 2. The van der Waals surface area contributed by atoms with Crippen molar-refractivity contribution >= 4 is 47.5 Å². The Bertz CT molecular complexity index is 1180. The first kappa shape index (κ1) is 27.0. The van der Waals surface area contributed by atoms with E-state index in [4.69, 9.17) is 4.74 Å². The van der Waals surface area contributed by atoms with Crippen LogP contribution in [0.1, 0.15) is 62.2 Å². The summed E-state index contributed by atoms with van der Waals surface area (Å²) in [4.78, 5) is 27.0. The van der Waals surface area contributed by atoms with E-state index in [-0.39, 0.29) is 0 Å². The van der Waals surface area contributed by atoms with Gasteiger partial charge in [0.1, 0.15) is 0 Å². The Balaban J connectivity index is 1.37. The predicted octanol–water partition coefficient (Wildman–Crippen LogP) is 7.82. The number of thiophene rings is 1. The SMILES string of the molecule is CCN(CCCCCOC(=O)c1ccc(C=C(F)F)cc1)c1ccc(/C=C/c2ccc(C=O)s2)cc1. The first-order valence-electron chi connectivity index (χ1n) is 11.9. The van der Waals surface area contributed by atoms with Crippen LogP contribution in [0.15, 0.2) is 66.7 Å². The molecule has 1 heterocycles. The Hall–Kier alpha value is -3.58. The van der Waals surface area contributed by atoms with E-state index in [9.17, 15) is 18.4 Å². The lowest BCUT2D eigenvalue weighted by Crippen LogP contribution is -2.23. The Kier molecular flexibility index (Phi) is 10.6. The van der Waals surface area contributed by atoms with Crippen LogP contribution in [0.4, 0.5) is 14.5 Å². The molecule has 0 N–H and O–H groups in total. The number of anilines is 1. The van der Waals surface area contributed by atoms with Gasteiger partial charge in [-0.3, -0.25) is 4.79 Å². The highest BCUT2D eigenvalue weighted by Crippen LogP contribution is 2.20. The number of unbranched alkanes of at least 4 members (excludes halogenated alkanes) is 2. The number of rotatable bonds is 13. The van der Waals surface area contributed by atoms with Gasteiger partial charge in [-0.15, -0.1) is 11.3 Å². The van der Waals surface area contributed by atoms with E-state index in [1.54, 1.807) is 0 Å². The van der Waals surface area contributed by atoms with Gasteiger partial charge >= 0.3 is 5.97 Å². The van der Waals surface area contributed by atoms with Crippen LogP contribution in [0, 0.1) is 0 Å². The third-order valence-electron chi connectivity index (χ3n) is 5.57. The van der Waals surface area contributed by atoms with Crippen LogP contribution < -0.4 is 4.90 Å². The Labute approximate surface area is 214 Å². The molecular weight excluding hydrogens is 480 g/mol. The van der Waals surface area contributed by atoms with Crippen LogP contribution in [-0.2, 0) is 4.74 Å². The van der Waals surface area contributed by atoms with Crippen molar-refractivity contribution in [3.8, 4) is 0 Å². The number of hydrogen-bond acceptors (Lipinski definition) is 5. The molecule has 1 aromatic heterocycles. The Morgan fingerprint density at radius 3 is 2.22 bits per heavy atom. The molecular formula is C29H29F2NO3S. The summed E-state index contributed by atoms with van der Waals surface area (Å²) < 4.78 is 29.9. The number of carbonyl (C=O) groups excluding carboxylic acids is 2. The van der Waals surface area contributed by atoms with E-state index in [2.05, 4.69) is 36.1 Å². The van der Waals surface area contributed by atoms with Crippen molar-refractivity contribution in [2.45, 2.75) is 26.2 Å². The second-order valence-electron chi connectivity index (χ2n) is 8.12. The first-order valence-corrected chi connectivity index (χ1v) is 12.7. The number of ether oxygens (including phenoxy) is 1. The average Bonchev–Trinajstić information content (AvgIpc) is 3.36. The predicted molar refractivity (Wildman–Crippen MR) is 144 cm³/mol. The zero-order valence-corrected chi connectivity index (χ0v) is 21.0. The molecule has 3 rings (SSSR count). The van der Waals surface area contributed by atoms with Crippen LogP contribution in [-0.4, -0.2) is 32.0 Å². The normalized spacial score (nSPS) is 10.9. The molecule has 0 fully saturated rings. The van der Waals surface area contributed by atoms with Gasteiger partial charge < -0.3 is 9.64 Å². The first-order chi connectivity index (χ1) is 17.5. The molecule has 0 aliphatic carbocycles. The summed E-state index contributed by atoms with van der Waals surface area (Å²) >= 11 is 1.47. The van der Waals surface area contributed by atoms with Gasteiger partial charge in [0, 0.05) is 29.7 Å². The fourth-order valence-corrected chi connectivity index (χ4v) is 4.37. The summed E-state index contributed by atoms with van der Waals surface area (Å²) in [6.45, 7) is 4.25. The second kappa shape index (κ2) is 14.1. The van der Waals surface area contributed by atoms with E-state index < -0.39 is 12.0 Å². The molecule has 0 radical (unpaired) electrons. The van der Waals surface area contributed by atoms with Crippen LogP contribution in [0.5, 0.6) is 0 Å². The minimum atomic E-state index is -1.78. The summed E-state index contributed by atoms with van der Waals surface area (Å²) in [5, 5.41) is 0. The Morgan fingerprint density at radius 2 is 1.58 bits per heavy atom. The van der Waals surface area contributed by atoms with Gasteiger partial charge in [0.2, 0.25) is 0 Å². The van der Waals surface area contributed by atoms with E-state index in [1.807, 2.05) is 24.3 Å².